The van der Waals surface area contributed by atoms with Crippen LogP contribution < -0.4 is 5.73 Å². The molecule has 1 saturated heterocycles. The molecule has 3 heterocycles. The highest BCUT2D eigenvalue weighted by Crippen LogP contribution is 2.48. The Balaban J connectivity index is 1.11. The SMILES string of the molecule is C#C[C@]1(COC(=O)OC23CCC(CC2)CC3)O[C@@H](n2cnc3c(N)nc(Cl)nc32)C[C@@H]1OC(=O)OC12CCC(CC1)CC2. The molecule has 13 heteroatoms. The summed E-state index contributed by atoms with van der Waals surface area (Å²) in [4.78, 5) is 38.8. The maximum Gasteiger partial charge on any atom is 0.509 e. The molecule has 1 aliphatic heterocycles. The lowest BCUT2D eigenvalue weighted by Gasteiger charge is -2.45. The van der Waals surface area contributed by atoms with Crippen LogP contribution in [0.1, 0.15) is 89.7 Å². The number of rotatable bonds is 6. The number of hydrogen-bond acceptors (Lipinski definition) is 11. The number of nitrogens with two attached hydrogens (primary N) is 1. The minimum Gasteiger partial charge on any atom is -0.430 e. The van der Waals surface area contributed by atoms with Gasteiger partial charge in [-0.2, -0.15) is 9.97 Å². The van der Waals surface area contributed by atoms with E-state index in [9.17, 15) is 9.59 Å². The van der Waals surface area contributed by atoms with E-state index >= 15 is 0 Å². The highest BCUT2D eigenvalue weighted by molar-refractivity contribution is 6.28. The quantitative estimate of drug-likeness (QED) is 0.251. The Kier molecular flexibility index (Phi) is 7.08. The second-order valence-electron chi connectivity index (χ2n) is 13.0. The van der Waals surface area contributed by atoms with Gasteiger partial charge in [0, 0.05) is 6.42 Å². The molecule has 0 spiro atoms. The number of hydrogen-bond donors (Lipinski definition) is 1. The summed E-state index contributed by atoms with van der Waals surface area (Å²) in [6.07, 6.45) is 15.3. The van der Waals surface area contributed by atoms with Gasteiger partial charge in [0.15, 0.2) is 17.6 Å². The molecule has 0 unspecified atom stereocenters. The molecule has 230 valence electrons. The Morgan fingerprint density at radius 3 is 2.16 bits per heavy atom. The predicted octanol–water partition coefficient (Wildman–Crippen LogP) is 5.47. The van der Waals surface area contributed by atoms with E-state index in [0.717, 1.165) is 77.0 Å². The fourth-order valence-corrected chi connectivity index (χ4v) is 8.06. The van der Waals surface area contributed by atoms with Gasteiger partial charge < -0.3 is 29.4 Å². The summed E-state index contributed by atoms with van der Waals surface area (Å²) in [5.74, 6) is 4.14. The molecule has 12 nitrogen and oxygen atoms in total. The number of anilines is 1. The zero-order valence-electron chi connectivity index (χ0n) is 24.0. The fraction of sp³-hybridized carbons (Fsp3) is 0.700. The van der Waals surface area contributed by atoms with E-state index < -0.39 is 48.1 Å². The number of aromatic nitrogens is 4. The molecule has 43 heavy (non-hydrogen) atoms. The topological polar surface area (TPSA) is 150 Å². The first-order valence-electron chi connectivity index (χ1n) is 15.3. The number of ether oxygens (including phenoxy) is 5. The van der Waals surface area contributed by atoms with Crippen molar-refractivity contribution in [3.8, 4) is 12.3 Å². The predicted molar refractivity (Wildman–Crippen MR) is 153 cm³/mol. The van der Waals surface area contributed by atoms with Crippen LogP contribution in [0.5, 0.6) is 0 Å². The van der Waals surface area contributed by atoms with Gasteiger partial charge in [-0.05, 0) is 100 Å². The standard InChI is InChI=1S/C30H36ClN5O7/c1-2-30(16-39-26(37)42-28-9-3-18(4-10-28)5-11-28)20(40-27(38)43-29-12-6-19(7-13-29)8-14-29)15-21(41-30)36-17-33-22-23(32)34-25(31)35-24(22)36/h1,17-21H,3-16H2,(H2,32,34,35)/t18?,19?,20-,21+,28?,29?,30+/m0/s1. The molecule has 0 aromatic carbocycles. The monoisotopic (exact) mass is 613 g/mol. The lowest BCUT2D eigenvalue weighted by Crippen LogP contribution is -2.49. The van der Waals surface area contributed by atoms with Gasteiger partial charge in [0.1, 0.15) is 29.6 Å². The van der Waals surface area contributed by atoms with Crippen molar-refractivity contribution in [3.63, 3.8) is 0 Å². The Morgan fingerprint density at radius 2 is 1.58 bits per heavy atom. The molecule has 6 saturated carbocycles. The van der Waals surface area contributed by atoms with Gasteiger partial charge in [0.05, 0.1) is 6.33 Å². The Morgan fingerprint density at radius 1 is 1.00 bits per heavy atom. The maximum absolute atomic E-state index is 13.3. The largest absolute Gasteiger partial charge is 0.509 e. The third kappa shape index (κ3) is 5.24. The number of nitrogens with zero attached hydrogens (tertiary/aromatic N) is 4. The minimum atomic E-state index is -1.63. The van der Waals surface area contributed by atoms with Crippen molar-refractivity contribution in [1.82, 2.24) is 19.5 Å². The van der Waals surface area contributed by atoms with Crippen LogP contribution in [0.15, 0.2) is 6.33 Å². The first kappa shape index (κ1) is 28.5. The lowest BCUT2D eigenvalue weighted by atomic mass is 9.68. The average Bonchev–Trinajstić information content (AvgIpc) is 3.59. The van der Waals surface area contributed by atoms with Gasteiger partial charge in [-0.1, -0.05) is 5.92 Å². The summed E-state index contributed by atoms with van der Waals surface area (Å²) in [5.41, 5.74) is 4.00. The van der Waals surface area contributed by atoms with Gasteiger partial charge in [-0.3, -0.25) is 4.57 Å². The van der Waals surface area contributed by atoms with E-state index in [1.807, 2.05) is 0 Å². The number of imidazole rings is 1. The van der Waals surface area contributed by atoms with Crippen molar-refractivity contribution < 1.29 is 33.3 Å². The molecule has 7 aliphatic rings. The van der Waals surface area contributed by atoms with Crippen LogP contribution in [0.2, 0.25) is 5.28 Å². The molecule has 2 aromatic rings. The van der Waals surface area contributed by atoms with Crippen LogP contribution in [0.3, 0.4) is 0 Å². The van der Waals surface area contributed by atoms with Crippen LogP contribution in [-0.2, 0) is 23.7 Å². The van der Waals surface area contributed by atoms with Crippen molar-refractivity contribution >= 4 is 40.9 Å². The summed E-state index contributed by atoms with van der Waals surface area (Å²) in [6, 6.07) is 0. The molecule has 0 radical (unpaired) electrons. The van der Waals surface area contributed by atoms with Crippen molar-refractivity contribution in [2.75, 3.05) is 12.3 Å². The summed E-state index contributed by atoms with van der Waals surface area (Å²) in [5, 5.41) is -0.0620. The molecule has 0 amide bonds. The smallest absolute Gasteiger partial charge is 0.430 e. The molecule has 4 bridgehead atoms. The van der Waals surface area contributed by atoms with Gasteiger partial charge in [0.25, 0.3) is 0 Å². The van der Waals surface area contributed by atoms with Crippen LogP contribution in [-0.4, -0.2) is 61.3 Å². The number of nitrogen functional groups attached to an aromatic ring is 1. The van der Waals surface area contributed by atoms with E-state index in [1.165, 1.54) is 6.33 Å². The van der Waals surface area contributed by atoms with Crippen molar-refractivity contribution in [1.29, 1.82) is 0 Å². The fourth-order valence-electron chi connectivity index (χ4n) is 7.89. The van der Waals surface area contributed by atoms with Gasteiger partial charge in [-0.15, -0.1) is 6.42 Å². The summed E-state index contributed by atoms with van der Waals surface area (Å²) in [7, 11) is 0. The molecule has 9 rings (SSSR count). The van der Waals surface area contributed by atoms with E-state index in [4.69, 9.17) is 47.4 Å². The molecule has 7 fully saturated rings. The van der Waals surface area contributed by atoms with Gasteiger partial charge in [-0.25, -0.2) is 14.6 Å². The van der Waals surface area contributed by atoms with E-state index in [-0.39, 0.29) is 17.5 Å². The molecule has 2 N–H and O–H groups in total. The van der Waals surface area contributed by atoms with E-state index in [0.29, 0.717) is 23.0 Å². The minimum absolute atomic E-state index is 0.0620. The van der Waals surface area contributed by atoms with Crippen LogP contribution in [0, 0.1) is 24.2 Å². The molecule has 6 aliphatic carbocycles. The summed E-state index contributed by atoms with van der Waals surface area (Å²) >= 11 is 6.08. The van der Waals surface area contributed by atoms with Crippen molar-refractivity contribution in [3.05, 3.63) is 11.6 Å². The summed E-state index contributed by atoms with van der Waals surface area (Å²) < 4.78 is 31.3. The number of carbonyl (C=O) groups excluding carboxylic acids is 2. The van der Waals surface area contributed by atoms with Gasteiger partial charge >= 0.3 is 12.3 Å². The molecular formula is C30H36ClN5O7. The second-order valence-corrected chi connectivity index (χ2v) is 13.3. The zero-order chi connectivity index (χ0) is 29.8. The van der Waals surface area contributed by atoms with E-state index in [2.05, 4.69) is 20.9 Å². The number of fused-ring (bicyclic) bond motifs is 7. The Hall–Kier alpha value is -3.30. The third-order valence-electron chi connectivity index (χ3n) is 10.5. The number of halogens is 1. The first-order valence-corrected chi connectivity index (χ1v) is 15.6. The van der Waals surface area contributed by atoms with Crippen molar-refractivity contribution in [2.24, 2.45) is 11.8 Å². The normalized spacial score (nSPS) is 36.3. The zero-order valence-corrected chi connectivity index (χ0v) is 24.7. The van der Waals surface area contributed by atoms with Crippen LogP contribution in [0.4, 0.5) is 15.4 Å². The lowest BCUT2D eigenvalue weighted by molar-refractivity contribution is -0.135. The van der Waals surface area contributed by atoms with Crippen LogP contribution >= 0.6 is 11.6 Å². The number of terminal acetylenes is 1. The molecule has 3 atom stereocenters. The van der Waals surface area contributed by atoms with E-state index in [1.54, 1.807) is 4.57 Å². The number of carbonyl (C=O) groups is 2. The average molecular weight is 614 g/mol. The molecule has 2 aromatic heterocycles. The summed E-state index contributed by atoms with van der Waals surface area (Å²) in [6.45, 7) is -0.396. The highest BCUT2D eigenvalue weighted by atomic mass is 35.5. The molecular weight excluding hydrogens is 578 g/mol. The third-order valence-corrected chi connectivity index (χ3v) is 10.7. The first-order chi connectivity index (χ1) is 20.7. The Labute approximate surface area is 254 Å². The maximum atomic E-state index is 13.3. The van der Waals surface area contributed by atoms with Crippen LogP contribution in [0.25, 0.3) is 11.2 Å². The Bertz CT molecular complexity index is 1430. The highest BCUT2D eigenvalue weighted by Gasteiger charge is 2.54. The van der Waals surface area contributed by atoms with Crippen molar-refractivity contribution in [2.45, 2.75) is 113 Å². The van der Waals surface area contributed by atoms with Gasteiger partial charge in [0.2, 0.25) is 10.9 Å². The second kappa shape index (κ2) is 10.7.